The van der Waals surface area contributed by atoms with E-state index in [0.29, 0.717) is 13.2 Å². The first-order valence-corrected chi connectivity index (χ1v) is 8.00. The van der Waals surface area contributed by atoms with E-state index >= 15 is 0 Å². The van der Waals surface area contributed by atoms with Gasteiger partial charge >= 0.3 is 0 Å². The molecule has 1 aromatic heterocycles. The Labute approximate surface area is 138 Å². The van der Waals surface area contributed by atoms with Crippen molar-refractivity contribution in [1.82, 2.24) is 9.88 Å². The molecule has 2 aromatic rings. The molecule has 0 aliphatic heterocycles. The Hall–Kier alpha value is -1.91. The van der Waals surface area contributed by atoms with Crippen molar-refractivity contribution in [3.8, 4) is 5.75 Å². The van der Waals surface area contributed by atoms with Gasteiger partial charge in [0.1, 0.15) is 18.5 Å². The SMILES string of the molecule is Cc1ccc(C)c(OCC(O)CN(C)CCc2ccncc2)c1. The van der Waals surface area contributed by atoms with E-state index in [2.05, 4.69) is 16.0 Å². The normalized spacial score (nSPS) is 12.4. The summed E-state index contributed by atoms with van der Waals surface area (Å²) >= 11 is 0. The maximum Gasteiger partial charge on any atom is 0.122 e. The quantitative estimate of drug-likeness (QED) is 0.813. The van der Waals surface area contributed by atoms with Crippen LogP contribution in [-0.2, 0) is 6.42 Å². The lowest BCUT2D eigenvalue weighted by molar-refractivity contribution is 0.0764. The molecule has 1 aromatic carbocycles. The molecule has 0 saturated carbocycles. The van der Waals surface area contributed by atoms with E-state index in [1.807, 2.05) is 57.6 Å². The number of benzene rings is 1. The highest BCUT2D eigenvalue weighted by atomic mass is 16.5. The number of aliphatic hydroxyl groups excluding tert-OH is 1. The van der Waals surface area contributed by atoms with Gasteiger partial charge in [0.25, 0.3) is 0 Å². The third kappa shape index (κ3) is 6.00. The van der Waals surface area contributed by atoms with Crippen molar-refractivity contribution in [1.29, 1.82) is 0 Å². The van der Waals surface area contributed by atoms with Gasteiger partial charge in [-0.2, -0.15) is 0 Å². The molecule has 1 atom stereocenters. The number of aryl methyl sites for hydroxylation is 2. The molecule has 0 aliphatic carbocycles. The van der Waals surface area contributed by atoms with Gasteiger partial charge in [-0.25, -0.2) is 0 Å². The van der Waals surface area contributed by atoms with Gasteiger partial charge in [0.15, 0.2) is 0 Å². The number of pyridine rings is 1. The molecule has 0 bridgehead atoms. The predicted molar refractivity (Wildman–Crippen MR) is 92.9 cm³/mol. The average molecular weight is 314 g/mol. The van der Waals surface area contributed by atoms with Crippen LogP contribution in [0.2, 0.25) is 0 Å². The highest BCUT2D eigenvalue weighted by Gasteiger charge is 2.10. The molecule has 23 heavy (non-hydrogen) atoms. The van der Waals surface area contributed by atoms with Gasteiger partial charge < -0.3 is 14.7 Å². The largest absolute Gasteiger partial charge is 0.491 e. The van der Waals surface area contributed by atoms with Crippen LogP contribution in [0.5, 0.6) is 5.75 Å². The molecule has 0 fully saturated rings. The molecule has 1 N–H and O–H groups in total. The van der Waals surface area contributed by atoms with Crippen LogP contribution >= 0.6 is 0 Å². The molecule has 4 heteroatoms. The van der Waals surface area contributed by atoms with E-state index in [1.54, 1.807) is 0 Å². The van der Waals surface area contributed by atoms with Gasteiger partial charge in [-0.3, -0.25) is 4.98 Å². The van der Waals surface area contributed by atoms with Gasteiger partial charge in [0.2, 0.25) is 0 Å². The molecular formula is C19H26N2O2. The minimum atomic E-state index is -0.502. The lowest BCUT2D eigenvalue weighted by atomic mass is 10.1. The third-order valence-electron chi connectivity index (χ3n) is 3.83. The van der Waals surface area contributed by atoms with E-state index in [9.17, 15) is 5.11 Å². The molecule has 2 rings (SSSR count). The summed E-state index contributed by atoms with van der Waals surface area (Å²) in [7, 11) is 2.02. The summed E-state index contributed by atoms with van der Waals surface area (Å²) in [4.78, 5) is 6.14. The number of hydrogen-bond donors (Lipinski definition) is 1. The molecule has 0 amide bonds. The second-order valence-corrected chi connectivity index (χ2v) is 6.10. The highest BCUT2D eigenvalue weighted by molar-refractivity contribution is 5.35. The molecule has 4 nitrogen and oxygen atoms in total. The number of ether oxygens (including phenoxy) is 1. The van der Waals surface area contributed by atoms with Crippen molar-refractivity contribution < 1.29 is 9.84 Å². The van der Waals surface area contributed by atoms with Crippen molar-refractivity contribution >= 4 is 0 Å². The van der Waals surface area contributed by atoms with Crippen LogP contribution in [0, 0.1) is 13.8 Å². The van der Waals surface area contributed by atoms with Crippen molar-refractivity contribution in [3.63, 3.8) is 0 Å². The van der Waals surface area contributed by atoms with E-state index in [1.165, 1.54) is 5.56 Å². The maximum absolute atomic E-state index is 10.2. The Morgan fingerprint density at radius 2 is 1.91 bits per heavy atom. The molecule has 1 unspecified atom stereocenters. The van der Waals surface area contributed by atoms with Crippen LogP contribution in [0.25, 0.3) is 0 Å². The standard InChI is InChI=1S/C19H26N2O2/c1-15-4-5-16(2)19(12-15)23-14-18(22)13-21(3)11-8-17-6-9-20-10-7-17/h4-7,9-10,12,18,22H,8,11,13-14H2,1-3H3. The van der Waals surface area contributed by atoms with Crippen LogP contribution < -0.4 is 4.74 Å². The third-order valence-corrected chi connectivity index (χ3v) is 3.83. The Bertz CT molecular complexity index is 602. The number of likely N-dealkylation sites (N-methyl/N-ethyl adjacent to an activating group) is 1. The summed E-state index contributed by atoms with van der Waals surface area (Å²) in [6.45, 7) is 5.85. The molecule has 1 heterocycles. The van der Waals surface area contributed by atoms with Crippen LogP contribution in [0.3, 0.4) is 0 Å². The first-order valence-electron chi connectivity index (χ1n) is 8.00. The molecule has 0 saturated heterocycles. The fourth-order valence-corrected chi connectivity index (χ4v) is 2.42. The zero-order valence-electron chi connectivity index (χ0n) is 14.2. The lowest BCUT2D eigenvalue weighted by Gasteiger charge is -2.21. The fourth-order valence-electron chi connectivity index (χ4n) is 2.42. The Morgan fingerprint density at radius 3 is 2.65 bits per heavy atom. The number of aliphatic hydroxyl groups is 1. The summed E-state index contributed by atoms with van der Waals surface area (Å²) in [5.74, 6) is 0.850. The molecular weight excluding hydrogens is 288 g/mol. The van der Waals surface area contributed by atoms with Crippen LogP contribution in [-0.4, -0.2) is 47.8 Å². The molecule has 124 valence electrons. The maximum atomic E-state index is 10.2. The lowest BCUT2D eigenvalue weighted by Crippen LogP contribution is -2.34. The van der Waals surface area contributed by atoms with Crippen molar-refractivity contribution in [3.05, 3.63) is 59.4 Å². The van der Waals surface area contributed by atoms with Gasteiger partial charge in [0.05, 0.1) is 0 Å². The minimum absolute atomic E-state index is 0.309. The van der Waals surface area contributed by atoms with Crippen molar-refractivity contribution in [2.45, 2.75) is 26.4 Å². The van der Waals surface area contributed by atoms with Gasteiger partial charge in [-0.15, -0.1) is 0 Å². The second kappa shape index (κ2) is 8.65. The van der Waals surface area contributed by atoms with Gasteiger partial charge in [-0.05, 0) is 62.2 Å². The Morgan fingerprint density at radius 1 is 1.17 bits per heavy atom. The Balaban J connectivity index is 1.73. The van der Waals surface area contributed by atoms with E-state index < -0.39 is 6.10 Å². The number of nitrogens with zero attached hydrogens (tertiary/aromatic N) is 2. The first-order chi connectivity index (χ1) is 11.0. The van der Waals surface area contributed by atoms with Crippen LogP contribution in [0.15, 0.2) is 42.7 Å². The van der Waals surface area contributed by atoms with E-state index in [4.69, 9.17) is 4.74 Å². The van der Waals surface area contributed by atoms with Crippen LogP contribution in [0.4, 0.5) is 0 Å². The summed E-state index contributed by atoms with van der Waals surface area (Å²) in [5.41, 5.74) is 3.51. The van der Waals surface area contributed by atoms with Crippen molar-refractivity contribution in [2.24, 2.45) is 0 Å². The van der Waals surface area contributed by atoms with E-state index in [-0.39, 0.29) is 0 Å². The molecule has 0 spiro atoms. The number of aromatic nitrogens is 1. The summed E-state index contributed by atoms with van der Waals surface area (Å²) in [5, 5.41) is 10.2. The number of rotatable bonds is 8. The second-order valence-electron chi connectivity index (χ2n) is 6.10. The zero-order chi connectivity index (χ0) is 16.7. The smallest absolute Gasteiger partial charge is 0.122 e. The summed E-state index contributed by atoms with van der Waals surface area (Å²) < 4.78 is 5.76. The topological polar surface area (TPSA) is 45.6 Å². The zero-order valence-corrected chi connectivity index (χ0v) is 14.2. The highest BCUT2D eigenvalue weighted by Crippen LogP contribution is 2.19. The van der Waals surface area contributed by atoms with Gasteiger partial charge in [-0.1, -0.05) is 12.1 Å². The van der Waals surface area contributed by atoms with E-state index in [0.717, 1.165) is 29.8 Å². The van der Waals surface area contributed by atoms with Crippen molar-refractivity contribution in [2.75, 3.05) is 26.7 Å². The average Bonchev–Trinajstić information content (AvgIpc) is 2.55. The molecule has 0 aliphatic rings. The fraction of sp³-hybridized carbons (Fsp3) is 0.421. The van der Waals surface area contributed by atoms with Crippen LogP contribution in [0.1, 0.15) is 16.7 Å². The summed E-state index contributed by atoms with van der Waals surface area (Å²) in [6, 6.07) is 10.2. The van der Waals surface area contributed by atoms with Gasteiger partial charge in [0, 0.05) is 25.5 Å². The monoisotopic (exact) mass is 314 g/mol. The summed E-state index contributed by atoms with van der Waals surface area (Å²) in [6.07, 6.45) is 4.06. The number of hydrogen-bond acceptors (Lipinski definition) is 4. The molecule has 0 radical (unpaired) electrons. The minimum Gasteiger partial charge on any atom is -0.491 e. The Kier molecular flexibility index (Phi) is 6.56. The predicted octanol–water partition coefficient (Wildman–Crippen LogP) is 2.61. The first kappa shape index (κ1) is 17.4.